The van der Waals surface area contributed by atoms with E-state index in [0.29, 0.717) is 30.2 Å². The number of amides is 2. The smallest absolute Gasteiger partial charge is 0.262 e. The Hall–Kier alpha value is -3.05. The molecule has 1 aromatic rings. The van der Waals surface area contributed by atoms with Crippen LogP contribution in [0.2, 0.25) is 0 Å². The largest absolute Gasteiger partial charge is 0.493 e. The molecule has 1 aromatic carbocycles. The second-order valence-electron chi connectivity index (χ2n) is 5.68. The summed E-state index contributed by atoms with van der Waals surface area (Å²) >= 11 is 0. The number of nitriles is 1. The van der Waals surface area contributed by atoms with Crippen LogP contribution in [-0.2, 0) is 14.3 Å². The molecule has 3 N–H and O–H groups in total. The molecule has 0 aromatic heterocycles. The molecule has 0 bridgehead atoms. The number of ether oxygens (including phenoxy) is 3. The van der Waals surface area contributed by atoms with Gasteiger partial charge in [0.05, 0.1) is 13.2 Å². The van der Waals surface area contributed by atoms with Crippen LogP contribution >= 0.6 is 0 Å². The molecule has 0 unspecified atom stereocenters. The lowest BCUT2D eigenvalue weighted by Gasteiger charge is -2.11. The molecule has 0 aliphatic carbocycles. The molecule has 8 nitrogen and oxygen atoms in total. The predicted octanol–water partition coefficient (Wildman–Crippen LogP) is 0.761. The molecule has 138 valence electrons. The highest BCUT2D eigenvalue weighted by atomic mass is 16.5. The number of hydrogen-bond donors (Lipinski definition) is 2. The van der Waals surface area contributed by atoms with Crippen molar-refractivity contribution in [3.63, 3.8) is 0 Å². The average molecular weight is 359 g/mol. The van der Waals surface area contributed by atoms with Gasteiger partial charge in [0.2, 0.25) is 0 Å². The zero-order chi connectivity index (χ0) is 18.9. The maximum Gasteiger partial charge on any atom is 0.262 e. The standard InChI is InChI=1S/C18H21N3O5/c1-24-16-8-12(4-5-15(16)26-11-17(20)22)7-13(9-19)18(23)21-10-14-3-2-6-25-14/h4-5,7-8,14H,2-3,6,10-11H2,1H3,(H2,20,22)(H,21,23)/b13-7-/t14-/m1/s1. The van der Waals surface area contributed by atoms with Gasteiger partial charge in [-0.1, -0.05) is 6.07 Å². The quantitative estimate of drug-likeness (QED) is 0.522. The Balaban J connectivity index is 2.07. The van der Waals surface area contributed by atoms with Crippen molar-refractivity contribution in [1.29, 1.82) is 5.26 Å². The van der Waals surface area contributed by atoms with Crippen molar-refractivity contribution in [2.45, 2.75) is 18.9 Å². The molecule has 0 radical (unpaired) electrons. The number of nitrogens with two attached hydrogens (primary N) is 1. The van der Waals surface area contributed by atoms with E-state index in [1.54, 1.807) is 18.2 Å². The average Bonchev–Trinajstić information content (AvgIpc) is 3.16. The van der Waals surface area contributed by atoms with Gasteiger partial charge in [-0.15, -0.1) is 0 Å². The van der Waals surface area contributed by atoms with E-state index in [1.807, 2.05) is 6.07 Å². The van der Waals surface area contributed by atoms with Crippen molar-refractivity contribution in [2.24, 2.45) is 5.73 Å². The summed E-state index contributed by atoms with van der Waals surface area (Å²) in [5.41, 5.74) is 5.60. The van der Waals surface area contributed by atoms with Gasteiger partial charge in [-0.25, -0.2) is 0 Å². The minimum atomic E-state index is -0.606. The fourth-order valence-corrected chi connectivity index (χ4v) is 2.46. The lowest BCUT2D eigenvalue weighted by Crippen LogP contribution is -2.32. The summed E-state index contributed by atoms with van der Waals surface area (Å²) in [6.45, 7) is 0.799. The minimum Gasteiger partial charge on any atom is -0.493 e. The second-order valence-corrected chi connectivity index (χ2v) is 5.68. The molecule has 8 heteroatoms. The number of benzene rings is 1. The van der Waals surface area contributed by atoms with Crippen LogP contribution in [0.15, 0.2) is 23.8 Å². The number of nitrogens with one attached hydrogen (secondary N) is 1. The summed E-state index contributed by atoms with van der Waals surface area (Å²) in [6, 6.07) is 6.71. The van der Waals surface area contributed by atoms with Gasteiger partial charge >= 0.3 is 0 Å². The number of carbonyl (C=O) groups is 2. The molecule has 1 aliphatic heterocycles. The Labute approximate surface area is 151 Å². The normalized spacial score (nSPS) is 16.6. The topological polar surface area (TPSA) is 124 Å². The first-order valence-electron chi connectivity index (χ1n) is 8.14. The van der Waals surface area contributed by atoms with Gasteiger partial charge in [0.1, 0.15) is 11.6 Å². The molecule has 26 heavy (non-hydrogen) atoms. The molecule has 2 amide bonds. The molecule has 2 rings (SSSR count). The summed E-state index contributed by atoms with van der Waals surface area (Å²) in [4.78, 5) is 23.0. The summed E-state index contributed by atoms with van der Waals surface area (Å²) in [6.07, 6.45) is 3.33. The molecular weight excluding hydrogens is 338 g/mol. The van der Waals surface area contributed by atoms with Crippen LogP contribution in [0.5, 0.6) is 11.5 Å². The number of rotatable bonds is 8. The number of nitrogens with zero attached hydrogens (tertiary/aromatic N) is 1. The van der Waals surface area contributed by atoms with Gasteiger partial charge in [0, 0.05) is 13.2 Å². The molecule has 0 spiro atoms. The zero-order valence-corrected chi connectivity index (χ0v) is 14.5. The highest BCUT2D eigenvalue weighted by Gasteiger charge is 2.17. The zero-order valence-electron chi connectivity index (χ0n) is 14.5. The third kappa shape index (κ3) is 5.50. The van der Waals surface area contributed by atoms with E-state index in [9.17, 15) is 14.9 Å². The van der Waals surface area contributed by atoms with Crippen molar-refractivity contribution in [3.8, 4) is 17.6 Å². The van der Waals surface area contributed by atoms with Crippen molar-refractivity contribution in [2.75, 3.05) is 26.9 Å². The van der Waals surface area contributed by atoms with Crippen LogP contribution in [-0.4, -0.2) is 44.8 Å². The maximum absolute atomic E-state index is 12.2. The second kappa shape index (κ2) is 9.44. The Bertz CT molecular complexity index is 733. The minimum absolute atomic E-state index is 0.000625. The SMILES string of the molecule is COc1cc(/C=C(/C#N)C(=O)NC[C@H]2CCCO2)ccc1OCC(N)=O. The molecule has 1 aliphatic rings. The van der Waals surface area contributed by atoms with Crippen LogP contribution in [0.25, 0.3) is 6.08 Å². The highest BCUT2D eigenvalue weighted by molar-refractivity contribution is 6.01. The van der Waals surface area contributed by atoms with Gasteiger partial charge in [-0.2, -0.15) is 5.26 Å². The van der Waals surface area contributed by atoms with E-state index in [0.717, 1.165) is 12.8 Å². The molecule has 1 fully saturated rings. The van der Waals surface area contributed by atoms with Crippen molar-refractivity contribution in [3.05, 3.63) is 29.3 Å². The maximum atomic E-state index is 12.2. The van der Waals surface area contributed by atoms with Crippen molar-refractivity contribution < 1.29 is 23.8 Å². The Morgan fingerprint density at radius 3 is 2.88 bits per heavy atom. The first-order valence-corrected chi connectivity index (χ1v) is 8.14. The van der Waals surface area contributed by atoms with E-state index in [2.05, 4.69) is 5.32 Å². The third-order valence-electron chi connectivity index (χ3n) is 3.75. The summed E-state index contributed by atoms with van der Waals surface area (Å²) in [5, 5.41) is 12.0. The highest BCUT2D eigenvalue weighted by Crippen LogP contribution is 2.28. The molecule has 0 saturated carbocycles. The van der Waals surface area contributed by atoms with E-state index in [4.69, 9.17) is 19.9 Å². The third-order valence-corrected chi connectivity index (χ3v) is 3.75. The summed E-state index contributed by atoms with van der Waals surface area (Å²) < 4.78 is 15.9. The Kier molecular flexibility index (Phi) is 7.00. The number of primary amides is 1. The van der Waals surface area contributed by atoms with Gasteiger partial charge < -0.3 is 25.3 Å². The van der Waals surface area contributed by atoms with E-state index in [-0.39, 0.29) is 18.3 Å². The summed E-state index contributed by atoms with van der Waals surface area (Å²) in [5.74, 6) is -0.372. The predicted molar refractivity (Wildman–Crippen MR) is 93.3 cm³/mol. The van der Waals surface area contributed by atoms with Crippen LogP contribution in [0, 0.1) is 11.3 Å². The van der Waals surface area contributed by atoms with Crippen LogP contribution in [0.3, 0.4) is 0 Å². The van der Waals surface area contributed by atoms with Gasteiger partial charge in [0.25, 0.3) is 11.8 Å². The van der Waals surface area contributed by atoms with Gasteiger partial charge in [0.15, 0.2) is 18.1 Å². The number of carbonyl (C=O) groups excluding carboxylic acids is 2. The molecule has 1 saturated heterocycles. The fourth-order valence-electron chi connectivity index (χ4n) is 2.46. The van der Waals surface area contributed by atoms with E-state index in [1.165, 1.54) is 13.2 Å². The molecule has 1 atom stereocenters. The van der Waals surface area contributed by atoms with Crippen molar-refractivity contribution >= 4 is 17.9 Å². The van der Waals surface area contributed by atoms with Gasteiger partial charge in [-0.05, 0) is 36.6 Å². The Morgan fingerprint density at radius 2 is 2.27 bits per heavy atom. The molecule has 1 heterocycles. The van der Waals surface area contributed by atoms with E-state index >= 15 is 0 Å². The monoisotopic (exact) mass is 359 g/mol. The lowest BCUT2D eigenvalue weighted by atomic mass is 10.1. The van der Waals surface area contributed by atoms with Crippen LogP contribution in [0.4, 0.5) is 0 Å². The van der Waals surface area contributed by atoms with Gasteiger partial charge in [-0.3, -0.25) is 9.59 Å². The fraction of sp³-hybridized carbons (Fsp3) is 0.389. The van der Waals surface area contributed by atoms with Crippen LogP contribution in [0.1, 0.15) is 18.4 Å². The number of hydrogen-bond acceptors (Lipinski definition) is 6. The van der Waals surface area contributed by atoms with E-state index < -0.39 is 11.8 Å². The van der Waals surface area contributed by atoms with Crippen LogP contribution < -0.4 is 20.5 Å². The Morgan fingerprint density at radius 1 is 1.46 bits per heavy atom. The number of methoxy groups -OCH3 is 1. The summed E-state index contributed by atoms with van der Waals surface area (Å²) in [7, 11) is 1.44. The first kappa shape index (κ1) is 19.3. The lowest BCUT2D eigenvalue weighted by molar-refractivity contribution is -0.120. The molecular formula is C18H21N3O5. The first-order chi connectivity index (χ1) is 12.5. The van der Waals surface area contributed by atoms with Crippen molar-refractivity contribution in [1.82, 2.24) is 5.32 Å².